The SMILES string of the molecule is COc1ccc2c(c1)CN(CC1CCN(CC(N=O)c3ccc(F)cc3)CC1)C2=O. The Morgan fingerprint density at radius 3 is 2.57 bits per heavy atom. The summed E-state index contributed by atoms with van der Waals surface area (Å²) in [4.78, 5) is 28.2. The van der Waals surface area contributed by atoms with Gasteiger partial charge in [-0.05, 0) is 73.3 Å². The molecule has 1 atom stereocenters. The Morgan fingerprint density at radius 1 is 1.17 bits per heavy atom. The van der Waals surface area contributed by atoms with Gasteiger partial charge in [0, 0.05) is 25.2 Å². The van der Waals surface area contributed by atoms with E-state index < -0.39 is 6.04 Å². The second kappa shape index (κ2) is 8.92. The first-order valence-corrected chi connectivity index (χ1v) is 10.3. The van der Waals surface area contributed by atoms with Gasteiger partial charge in [0.15, 0.2) is 0 Å². The molecule has 0 bridgehead atoms. The fraction of sp³-hybridized carbons (Fsp3) is 0.435. The summed E-state index contributed by atoms with van der Waals surface area (Å²) in [7, 11) is 1.63. The lowest BCUT2D eigenvalue weighted by molar-refractivity contribution is 0.0712. The minimum absolute atomic E-state index is 0.0941. The second-order valence-electron chi connectivity index (χ2n) is 8.13. The number of carbonyl (C=O) groups is 1. The second-order valence-corrected chi connectivity index (χ2v) is 8.13. The van der Waals surface area contributed by atoms with Crippen LogP contribution in [0, 0.1) is 16.6 Å². The Bertz CT molecular complexity index is 910. The zero-order valence-electron chi connectivity index (χ0n) is 17.1. The van der Waals surface area contributed by atoms with E-state index in [2.05, 4.69) is 10.1 Å². The van der Waals surface area contributed by atoms with Crippen molar-refractivity contribution in [2.75, 3.05) is 33.3 Å². The van der Waals surface area contributed by atoms with Crippen LogP contribution in [0.1, 0.15) is 40.4 Å². The lowest BCUT2D eigenvalue weighted by atomic mass is 9.95. The van der Waals surface area contributed by atoms with Crippen LogP contribution in [0.4, 0.5) is 4.39 Å². The predicted molar refractivity (Wildman–Crippen MR) is 112 cm³/mol. The first-order valence-electron chi connectivity index (χ1n) is 10.3. The van der Waals surface area contributed by atoms with Crippen LogP contribution < -0.4 is 4.74 Å². The van der Waals surface area contributed by atoms with Gasteiger partial charge in [-0.1, -0.05) is 17.3 Å². The topological polar surface area (TPSA) is 62.2 Å². The van der Waals surface area contributed by atoms with Crippen molar-refractivity contribution in [2.24, 2.45) is 11.1 Å². The molecular formula is C23H26FN3O3. The molecule has 1 fully saturated rings. The van der Waals surface area contributed by atoms with Crippen LogP contribution in [0.3, 0.4) is 0 Å². The Morgan fingerprint density at radius 2 is 1.90 bits per heavy atom. The molecule has 2 aliphatic rings. The first kappa shape index (κ1) is 20.5. The Kier molecular flexibility index (Phi) is 6.08. The summed E-state index contributed by atoms with van der Waals surface area (Å²) in [5.41, 5.74) is 2.53. The molecule has 30 heavy (non-hydrogen) atoms. The van der Waals surface area contributed by atoms with Crippen LogP contribution in [0.15, 0.2) is 47.6 Å². The molecule has 2 aromatic carbocycles. The maximum Gasteiger partial charge on any atom is 0.254 e. The van der Waals surface area contributed by atoms with Gasteiger partial charge < -0.3 is 14.5 Å². The monoisotopic (exact) mass is 411 g/mol. The van der Waals surface area contributed by atoms with E-state index in [1.807, 2.05) is 23.1 Å². The van der Waals surface area contributed by atoms with Gasteiger partial charge in [0.25, 0.3) is 5.91 Å². The molecule has 158 valence electrons. The summed E-state index contributed by atoms with van der Waals surface area (Å²) >= 11 is 0. The van der Waals surface area contributed by atoms with Crippen molar-refractivity contribution < 1.29 is 13.9 Å². The standard InChI is InChI=1S/C23H26FN3O3/c1-30-20-6-7-21-18(12-20)14-27(23(21)28)13-16-8-10-26(11-9-16)15-22(25-29)17-2-4-19(24)5-3-17/h2-7,12,16,22H,8-11,13-15H2,1H3. The van der Waals surface area contributed by atoms with E-state index in [0.717, 1.165) is 54.9 Å². The number of hydrogen-bond acceptors (Lipinski definition) is 5. The molecule has 0 radical (unpaired) electrons. The molecule has 0 N–H and O–H groups in total. The Labute approximate surface area is 175 Å². The van der Waals surface area contributed by atoms with Crippen molar-refractivity contribution in [3.05, 3.63) is 69.9 Å². The van der Waals surface area contributed by atoms with Crippen molar-refractivity contribution in [3.8, 4) is 5.75 Å². The maximum atomic E-state index is 13.1. The number of nitrogens with zero attached hydrogens (tertiary/aromatic N) is 3. The third-order valence-corrected chi connectivity index (χ3v) is 6.19. The lowest BCUT2D eigenvalue weighted by Gasteiger charge is -2.34. The first-order chi connectivity index (χ1) is 14.6. The molecule has 1 unspecified atom stereocenters. The molecule has 0 aromatic heterocycles. The van der Waals surface area contributed by atoms with Crippen molar-refractivity contribution in [3.63, 3.8) is 0 Å². The van der Waals surface area contributed by atoms with Gasteiger partial charge in [0.2, 0.25) is 0 Å². The van der Waals surface area contributed by atoms with Gasteiger partial charge >= 0.3 is 0 Å². The summed E-state index contributed by atoms with van der Waals surface area (Å²) in [6, 6.07) is 11.1. The van der Waals surface area contributed by atoms with Gasteiger partial charge in [0.05, 0.1) is 7.11 Å². The fourth-order valence-electron chi connectivity index (χ4n) is 4.42. The number of hydrogen-bond donors (Lipinski definition) is 0. The number of benzene rings is 2. The van der Waals surface area contributed by atoms with Crippen molar-refractivity contribution in [2.45, 2.75) is 25.4 Å². The number of piperidine rings is 1. The van der Waals surface area contributed by atoms with Crippen LogP contribution >= 0.6 is 0 Å². The van der Waals surface area contributed by atoms with Crippen molar-refractivity contribution in [1.82, 2.24) is 9.80 Å². The molecule has 1 amide bonds. The largest absolute Gasteiger partial charge is 0.497 e. The Balaban J connectivity index is 1.29. The smallest absolute Gasteiger partial charge is 0.254 e. The molecule has 7 heteroatoms. The molecule has 0 aliphatic carbocycles. The van der Waals surface area contributed by atoms with E-state index in [0.29, 0.717) is 19.0 Å². The number of carbonyl (C=O) groups excluding carboxylic acids is 1. The lowest BCUT2D eigenvalue weighted by Crippen LogP contribution is -2.40. The molecule has 2 heterocycles. The maximum absolute atomic E-state index is 13.1. The third kappa shape index (κ3) is 4.36. The highest BCUT2D eigenvalue weighted by molar-refractivity contribution is 5.98. The molecule has 1 saturated heterocycles. The van der Waals surface area contributed by atoms with Crippen LogP contribution in [0.25, 0.3) is 0 Å². The minimum atomic E-state index is -0.494. The van der Waals surface area contributed by atoms with Gasteiger partial charge in [-0.15, -0.1) is 0 Å². The third-order valence-electron chi connectivity index (χ3n) is 6.19. The van der Waals surface area contributed by atoms with Gasteiger partial charge in [-0.25, -0.2) is 4.39 Å². The zero-order valence-corrected chi connectivity index (χ0v) is 17.1. The van der Waals surface area contributed by atoms with Gasteiger partial charge in [-0.2, -0.15) is 4.91 Å². The van der Waals surface area contributed by atoms with Crippen molar-refractivity contribution >= 4 is 5.91 Å². The molecule has 0 spiro atoms. The van der Waals surface area contributed by atoms with Crippen LogP contribution in [0.5, 0.6) is 5.75 Å². The van der Waals surface area contributed by atoms with E-state index in [9.17, 15) is 14.1 Å². The number of rotatable bonds is 7. The number of methoxy groups -OCH3 is 1. The number of fused-ring (bicyclic) bond motifs is 1. The van der Waals surface area contributed by atoms with Gasteiger partial charge in [0.1, 0.15) is 17.6 Å². The number of ether oxygens (including phenoxy) is 1. The average molecular weight is 411 g/mol. The molecule has 2 aromatic rings. The molecule has 2 aliphatic heterocycles. The number of halogens is 1. The Hall–Kier alpha value is -2.80. The van der Waals surface area contributed by atoms with Crippen LogP contribution in [0.2, 0.25) is 0 Å². The van der Waals surface area contributed by atoms with Crippen molar-refractivity contribution in [1.29, 1.82) is 0 Å². The fourth-order valence-corrected chi connectivity index (χ4v) is 4.42. The van der Waals surface area contributed by atoms with Crippen LogP contribution in [-0.4, -0.2) is 49.0 Å². The quantitative estimate of drug-likeness (QED) is 0.646. The van der Waals surface area contributed by atoms with E-state index in [1.165, 1.54) is 12.1 Å². The average Bonchev–Trinajstić information content (AvgIpc) is 3.08. The summed E-state index contributed by atoms with van der Waals surface area (Å²) in [6.07, 6.45) is 1.94. The zero-order chi connectivity index (χ0) is 21.1. The summed E-state index contributed by atoms with van der Waals surface area (Å²) in [5.74, 6) is 0.990. The highest BCUT2D eigenvalue weighted by Gasteiger charge is 2.31. The van der Waals surface area contributed by atoms with E-state index in [1.54, 1.807) is 19.2 Å². The normalized spacial score (nSPS) is 18.3. The molecule has 0 saturated carbocycles. The molecular weight excluding hydrogens is 385 g/mol. The number of nitroso groups, excluding NO2 is 1. The number of likely N-dealkylation sites (tertiary alicyclic amines) is 1. The van der Waals surface area contributed by atoms with E-state index >= 15 is 0 Å². The minimum Gasteiger partial charge on any atom is -0.497 e. The van der Waals surface area contributed by atoms with Gasteiger partial charge in [-0.3, -0.25) is 4.79 Å². The molecule has 4 rings (SSSR count). The number of amides is 1. The highest BCUT2D eigenvalue weighted by atomic mass is 19.1. The molecule has 6 nitrogen and oxygen atoms in total. The summed E-state index contributed by atoms with van der Waals surface area (Å²) < 4.78 is 18.4. The van der Waals surface area contributed by atoms with E-state index in [4.69, 9.17) is 4.74 Å². The highest BCUT2D eigenvalue weighted by Crippen LogP contribution is 2.29. The predicted octanol–water partition coefficient (Wildman–Crippen LogP) is 4.01. The van der Waals surface area contributed by atoms with E-state index in [-0.39, 0.29) is 11.7 Å². The summed E-state index contributed by atoms with van der Waals surface area (Å²) in [5, 5.41) is 3.25. The van der Waals surface area contributed by atoms with Crippen LogP contribution in [-0.2, 0) is 6.54 Å². The summed E-state index contributed by atoms with van der Waals surface area (Å²) in [6.45, 7) is 3.64.